The molecule has 20 heavy (non-hydrogen) atoms. The van der Waals surface area contributed by atoms with Gasteiger partial charge in [0.25, 0.3) is 0 Å². The molecule has 0 saturated carbocycles. The largest absolute Gasteiger partial charge is 0.481 e. The molecule has 1 rings (SSSR count). The maximum absolute atomic E-state index is 11.2. The van der Waals surface area contributed by atoms with Crippen LogP contribution in [0.15, 0.2) is 24.3 Å². The normalized spacial score (nSPS) is 21.7. The Kier molecular flexibility index (Phi) is 5.51. The van der Waals surface area contributed by atoms with Crippen molar-refractivity contribution in [3.63, 3.8) is 0 Å². The van der Waals surface area contributed by atoms with Crippen molar-refractivity contribution >= 4 is 11.9 Å². The van der Waals surface area contributed by atoms with Crippen LogP contribution in [0.4, 0.5) is 0 Å². The van der Waals surface area contributed by atoms with Crippen LogP contribution in [-0.2, 0) is 14.3 Å². The Hall–Kier alpha value is -1.62. The highest BCUT2D eigenvalue weighted by molar-refractivity contribution is 5.90. The number of esters is 1. The quantitative estimate of drug-likeness (QED) is 0.423. The molecule has 2 N–H and O–H groups in total. The molecule has 0 bridgehead atoms. The van der Waals surface area contributed by atoms with Gasteiger partial charge in [-0.2, -0.15) is 0 Å². The van der Waals surface area contributed by atoms with Gasteiger partial charge in [0.1, 0.15) is 12.2 Å². The predicted octanol–water partition coefficient (Wildman–Crippen LogP) is 1.91. The number of rotatable bonds is 7. The van der Waals surface area contributed by atoms with E-state index in [1.165, 1.54) is 0 Å². The Morgan fingerprint density at radius 1 is 1.50 bits per heavy atom. The van der Waals surface area contributed by atoms with Gasteiger partial charge in [-0.05, 0) is 24.3 Å². The molecule has 1 unspecified atom stereocenters. The van der Waals surface area contributed by atoms with Crippen molar-refractivity contribution in [2.24, 2.45) is 11.8 Å². The lowest BCUT2D eigenvalue weighted by atomic mass is 9.88. The summed E-state index contributed by atoms with van der Waals surface area (Å²) < 4.78 is 4.99. The van der Waals surface area contributed by atoms with Crippen LogP contribution < -0.4 is 0 Å². The van der Waals surface area contributed by atoms with E-state index in [1.807, 2.05) is 13.8 Å². The van der Waals surface area contributed by atoms with E-state index < -0.39 is 30.1 Å². The Bertz CT molecular complexity index is 408. The summed E-state index contributed by atoms with van der Waals surface area (Å²) in [6.07, 6.45) is -0.544. The van der Waals surface area contributed by atoms with E-state index in [0.717, 1.165) is 0 Å². The number of aliphatic hydroxyl groups is 1. The van der Waals surface area contributed by atoms with Crippen molar-refractivity contribution in [2.75, 3.05) is 0 Å². The van der Waals surface area contributed by atoms with Gasteiger partial charge in [-0.25, -0.2) is 4.79 Å². The highest BCUT2D eigenvalue weighted by atomic mass is 16.6. The number of aliphatic hydroxyl groups excluding tert-OH is 1. The summed E-state index contributed by atoms with van der Waals surface area (Å²) >= 11 is 0. The van der Waals surface area contributed by atoms with Crippen molar-refractivity contribution < 1.29 is 24.5 Å². The van der Waals surface area contributed by atoms with Crippen LogP contribution in [0.1, 0.15) is 33.1 Å². The molecule has 0 radical (unpaired) electrons. The molecular weight excluding hydrogens is 260 g/mol. The number of cyclic esters (lactones) is 1. The van der Waals surface area contributed by atoms with Crippen LogP contribution in [0, 0.1) is 11.8 Å². The molecule has 1 saturated heterocycles. The smallest absolute Gasteiger partial charge is 0.333 e. The number of hydrogen-bond acceptors (Lipinski definition) is 4. The van der Waals surface area contributed by atoms with Gasteiger partial charge in [-0.3, -0.25) is 4.79 Å². The molecule has 5 nitrogen and oxygen atoms in total. The minimum atomic E-state index is -0.972. The number of carboxylic acids is 1. The zero-order valence-corrected chi connectivity index (χ0v) is 12.0. The van der Waals surface area contributed by atoms with Gasteiger partial charge in [-0.15, -0.1) is 0 Å². The second-order valence-corrected chi connectivity index (χ2v) is 5.58. The van der Waals surface area contributed by atoms with Crippen LogP contribution in [-0.4, -0.2) is 34.4 Å². The first kappa shape index (κ1) is 16.4. The third kappa shape index (κ3) is 3.93. The van der Waals surface area contributed by atoms with Crippen molar-refractivity contribution in [1.29, 1.82) is 0 Å². The van der Waals surface area contributed by atoms with Crippen LogP contribution in [0.2, 0.25) is 0 Å². The fourth-order valence-electron chi connectivity index (χ4n) is 2.26. The molecule has 5 heteroatoms. The van der Waals surface area contributed by atoms with E-state index in [9.17, 15) is 14.7 Å². The third-order valence-corrected chi connectivity index (χ3v) is 3.66. The molecule has 0 aromatic heterocycles. The first-order valence-electron chi connectivity index (χ1n) is 6.71. The fourth-order valence-corrected chi connectivity index (χ4v) is 2.26. The zero-order chi connectivity index (χ0) is 15.4. The number of carbonyl (C=O) groups excluding carboxylic acids is 1. The summed E-state index contributed by atoms with van der Waals surface area (Å²) in [4.78, 5) is 22.3. The lowest BCUT2D eigenvalue weighted by molar-refractivity contribution is -0.143. The third-order valence-electron chi connectivity index (χ3n) is 3.66. The summed E-state index contributed by atoms with van der Waals surface area (Å²) in [5, 5.41) is 19.2. The second-order valence-electron chi connectivity index (χ2n) is 5.58. The van der Waals surface area contributed by atoms with Gasteiger partial charge < -0.3 is 14.9 Å². The molecule has 1 fully saturated rings. The molecule has 0 aromatic carbocycles. The van der Waals surface area contributed by atoms with Crippen molar-refractivity contribution in [1.82, 2.24) is 0 Å². The topological polar surface area (TPSA) is 83.8 Å². The molecule has 1 aliphatic heterocycles. The second kappa shape index (κ2) is 6.70. The molecule has 0 aliphatic carbocycles. The van der Waals surface area contributed by atoms with Crippen molar-refractivity contribution in [2.45, 2.75) is 45.3 Å². The molecule has 1 aliphatic rings. The highest BCUT2D eigenvalue weighted by Gasteiger charge is 2.34. The SMILES string of the molecule is C=C1C[C@H](C(O)C(=C)CC[C@@H](C(=O)O)C(C)C)OC1=O. The number of aliphatic carboxylic acids is 1. The lowest BCUT2D eigenvalue weighted by Crippen LogP contribution is -2.28. The molecule has 1 heterocycles. The van der Waals surface area contributed by atoms with Gasteiger partial charge in [0.2, 0.25) is 0 Å². The number of carboxylic acid groups (broad SMARTS) is 1. The van der Waals surface area contributed by atoms with Gasteiger partial charge in [0, 0.05) is 12.0 Å². The Morgan fingerprint density at radius 2 is 2.10 bits per heavy atom. The predicted molar refractivity (Wildman–Crippen MR) is 74.0 cm³/mol. The average molecular weight is 282 g/mol. The molecule has 0 aromatic rings. The number of ether oxygens (including phenoxy) is 1. The van der Waals surface area contributed by atoms with Crippen LogP contribution in [0.3, 0.4) is 0 Å². The highest BCUT2D eigenvalue weighted by Crippen LogP contribution is 2.27. The van der Waals surface area contributed by atoms with E-state index in [0.29, 0.717) is 24.0 Å². The first-order valence-corrected chi connectivity index (χ1v) is 6.71. The molecule has 0 spiro atoms. The molecule has 112 valence electrons. The average Bonchev–Trinajstić information content (AvgIpc) is 2.67. The maximum atomic E-state index is 11.2. The van der Waals surface area contributed by atoms with Crippen molar-refractivity contribution in [3.05, 3.63) is 24.3 Å². The Balaban J connectivity index is 2.52. The van der Waals surface area contributed by atoms with Crippen LogP contribution in [0.5, 0.6) is 0 Å². The van der Waals surface area contributed by atoms with Gasteiger partial charge in [0.05, 0.1) is 5.92 Å². The molecule has 0 amide bonds. The standard InChI is InChI=1S/C15H22O5/c1-8(2)11(14(17)18)6-5-9(3)13(16)12-7-10(4)15(19)20-12/h8,11-13,16H,3-7H2,1-2H3,(H,17,18)/t11-,12-,13?/m1/s1. The maximum Gasteiger partial charge on any atom is 0.333 e. The summed E-state index contributed by atoms with van der Waals surface area (Å²) in [5.41, 5.74) is 0.830. The summed E-state index contributed by atoms with van der Waals surface area (Å²) in [6, 6.07) is 0. The van der Waals surface area contributed by atoms with Crippen molar-refractivity contribution in [3.8, 4) is 0 Å². The summed E-state index contributed by atoms with van der Waals surface area (Å²) in [6.45, 7) is 11.0. The Morgan fingerprint density at radius 3 is 2.50 bits per heavy atom. The van der Waals surface area contributed by atoms with Gasteiger partial charge >= 0.3 is 11.9 Å². The van der Waals surface area contributed by atoms with E-state index >= 15 is 0 Å². The fraction of sp³-hybridized carbons (Fsp3) is 0.600. The van der Waals surface area contributed by atoms with Crippen LogP contribution in [0.25, 0.3) is 0 Å². The number of carbonyl (C=O) groups is 2. The van der Waals surface area contributed by atoms with Gasteiger partial charge in [-0.1, -0.05) is 27.0 Å². The Labute approximate surface area is 118 Å². The number of hydrogen-bond donors (Lipinski definition) is 2. The monoisotopic (exact) mass is 282 g/mol. The molecule has 3 atom stereocenters. The first-order chi connectivity index (χ1) is 9.23. The van der Waals surface area contributed by atoms with Gasteiger partial charge in [0.15, 0.2) is 0 Å². The van der Waals surface area contributed by atoms with Crippen LogP contribution >= 0.6 is 0 Å². The summed E-state index contributed by atoms with van der Waals surface area (Å²) in [7, 11) is 0. The van der Waals surface area contributed by atoms with E-state index in [-0.39, 0.29) is 12.3 Å². The van der Waals surface area contributed by atoms with E-state index in [4.69, 9.17) is 9.84 Å². The van der Waals surface area contributed by atoms with E-state index in [1.54, 1.807) is 0 Å². The van der Waals surface area contributed by atoms with E-state index in [2.05, 4.69) is 13.2 Å². The minimum Gasteiger partial charge on any atom is -0.481 e. The minimum absolute atomic E-state index is 0.0153. The lowest BCUT2D eigenvalue weighted by Gasteiger charge is -2.21. The molecular formula is C15H22O5. The summed E-state index contributed by atoms with van der Waals surface area (Å²) in [5.74, 6) is -1.79. The zero-order valence-electron chi connectivity index (χ0n) is 12.0.